The van der Waals surface area contributed by atoms with Crippen molar-refractivity contribution in [3.8, 4) is 0 Å². The van der Waals surface area contributed by atoms with Crippen molar-refractivity contribution < 1.29 is 93.6 Å². The van der Waals surface area contributed by atoms with Crippen molar-refractivity contribution in [1.82, 2.24) is 35.1 Å². The summed E-state index contributed by atoms with van der Waals surface area (Å²) in [5, 5.41) is 33.3. The fourth-order valence-corrected chi connectivity index (χ4v) is 5.44. The number of hydrogen-bond donors (Lipinski definition) is 5. The van der Waals surface area contributed by atoms with Gasteiger partial charge in [-0.3, -0.25) is 62.9 Å². The molecule has 0 bridgehead atoms. The molecule has 2 rings (SSSR count). The second-order valence-corrected chi connectivity index (χ2v) is 12.2. The first-order valence-corrected chi connectivity index (χ1v) is 16.4. The number of carboxylic acids is 3. The summed E-state index contributed by atoms with van der Waals surface area (Å²) in [5.41, 5.74) is 0. The summed E-state index contributed by atoms with van der Waals surface area (Å²) in [6, 6.07) is -0.834. The van der Waals surface area contributed by atoms with Crippen molar-refractivity contribution in [3.05, 3.63) is 12.2 Å². The van der Waals surface area contributed by atoms with Crippen molar-refractivity contribution in [2.45, 2.75) is 39.2 Å². The summed E-state index contributed by atoms with van der Waals surface area (Å²) in [5.74, 6) is -5.64. The number of imide groups is 1. The van der Waals surface area contributed by atoms with E-state index in [9.17, 15) is 53.7 Å². The van der Waals surface area contributed by atoms with Crippen LogP contribution in [-0.2, 0) is 38.4 Å². The van der Waals surface area contributed by atoms with Gasteiger partial charge in [0.1, 0.15) is 0 Å². The molecule has 18 nitrogen and oxygen atoms in total. The van der Waals surface area contributed by atoms with E-state index in [2.05, 4.69) is 10.6 Å². The molecule has 0 spiro atoms. The number of nitrogens with one attached hydrogen (secondary N) is 2. The van der Waals surface area contributed by atoms with Gasteiger partial charge in [-0.05, 0) is 12.3 Å². The predicted octanol–water partition coefficient (Wildman–Crippen LogP) is -2.62. The molecule has 0 radical (unpaired) electrons. The van der Waals surface area contributed by atoms with Gasteiger partial charge in [-0.25, -0.2) is 0 Å². The van der Waals surface area contributed by atoms with Gasteiger partial charge in [0, 0.05) is 117 Å². The van der Waals surface area contributed by atoms with E-state index in [1.165, 1.54) is 12.2 Å². The van der Waals surface area contributed by atoms with E-state index in [4.69, 9.17) is 0 Å². The average molecular weight is 853 g/mol. The Morgan fingerprint density at radius 2 is 1.10 bits per heavy atom. The minimum atomic E-state index is -1.07. The molecule has 1 fully saturated rings. The van der Waals surface area contributed by atoms with E-state index < -0.39 is 54.1 Å². The zero-order valence-corrected chi connectivity index (χ0v) is 30.8. The third-order valence-corrected chi connectivity index (χ3v) is 8.40. The second-order valence-electron chi connectivity index (χ2n) is 12.2. The van der Waals surface area contributed by atoms with Crippen molar-refractivity contribution in [2.24, 2.45) is 5.92 Å². The van der Waals surface area contributed by atoms with Crippen LogP contribution in [0.1, 0.15) is 33.1 Å². The van der Waals surface area contributed by atoms with Crippen LogP contribution in [0.15, 0.2) is 12.2 Å². The molecule has 0 aromatic heterocycles. The number of carbonyl (C=O) groups excluding carboxylic acids is 5. The minimum absolute atomic E-state index is 0. The number of rotatable bonds is 18. The Morgan fingerprint density at radius 1 is 0.700 bits per heavy atom. The van der Waals surface area contributed by atoms with Crippen LogP contribution in [0.3, 0.4) is 0 Å². The van der Waals surface area contributed by atoms with Gasteiger partial charge in [0.2, 0.25) is 11.8 Å². The molecule has 5 N–H and O–H groups in total. The van der Waals surface area contributed by atoms with Crippen LogP contribution in [0.4, 0.5) is 0 Å². The summed E-state index contributed by atoms with van der Waals surface area (Å²) >= 11 is 0. The Labute approximate surface area is 323 Å². The molecule has 0 aromatic rings. The Kier molecular flexibility index (Phi) is 21.2. The Balaban J connectivity index is 0.0000125. The van der Waals surface area contributed by atoms with Crippen molar-refractivity contribution in [3.63, 3.8) is 0 Å². The molecule has 0 aliphatic carbocycles. The van der Waals surface area contributed by atoms with Gasteiger partial charge in [-0.15, -0.1) is 0 Å². The second kappa shape index (κ2) is 23.5. The molecule has 0 unspecified atom stereocenters. The van der Waals surface area contributed by atoms with Gasteiger partial charge in [-0.2, -0.15) is 0 Å². The SMILES string of the molecule is CC[C@H](C)[C@H](NC(=O)CNC(=O)CN1CCN(CC(=O)O)CCN(CC(=O)O)CCN(CC(=O)O)CC1)C(=O)CCCN1C(=O)C=CC1=O.[Gd]. The van der Waals surface area contributed by atoms with E-state index in [0.29, 0.717) is 6.42 Å². The van der Waals surface area contributed by atoms with Crippen LogP contribution < -0.4 is 10.6 Å². The molecule has 2 aliphatic rings. The smallest absolute Gasteiger partial charge is 0.317 e. The van der Waals surface area contributed by atoms with E-state index in [1.54, 1.807) is 26.5 Å². The first-order valence-electron chi connectivity index (χ1n) is 16.4. The normalized spacial score (nSPS) is 18.3. The number of nitrogens with zero attached hydrogens (tertiary/aromatic N) is 5. The molecule has 19 heteroatoms. The van der Waals surface area contributed by atoms with Gasteiger partial charge in [0.05, 0.1) is 38.8 Å². The van der Waals surface area contributed by atoms with E-state index >= 15 is 0 Å². The number of aliphatic carboxylic acids is 3. The third kappa shape index (κ3) is 17.3. The van der Waals surface area contributed by atoms with E-state index in [-0.39, 0.29) is 150 Å². The number of hydrogen-bond acceptors (Lipinski definition) is 12. The molecule has 4 amide bonds. The maximum Gasteiger partial charge on any atom is 0.317 e. The Hall–Kier alpha value is -2.94. The molecule has 2 atom stereocenters. The monoisotopic (exact) mass is 853 g/mol. The predicted molar refractivity (Wildman–Crippen MR) is 173 cm³/mol. The van der Waals surface area contributed by atoms with Crippen LogP contribution in [-0.4, -0.2) is 185 Å². The average Bonchev–Trinajstić information content (AvgIpc) is 3.35. The van der Waals surface area contributed by atoms with Crippen molar-refractivity contribution >= 4 is 47.3 Å². The molecule has 282 valence electrons. The van der Waals surface area contributed by atoms with Gasteiger partial charge < -0.3 is 26.0 Å². The molecule has 2 aliphatic heterocycles. The fourth-order valence-electron chi connectivity index (χ4n) is 5.44. The Bertz CT molecular complexity index is 1200. The van der Waals surface area contributed by atoms with E-state index in [0.717, 1.165) is 4.90 Å². The van der Waals surface area contributed by atoms with Gasteiger partial charge in [0.25, 0.3) is 11.8 Å². The zero-order valence-electron chi connectivity index (χ0n) is 28.5. The molecule has 2 heterocycles. The topological polar surface area (TPSA) is 238 Å². The van der Waals surface area contributed by atoms with Gasteiger partial charge >= 0.3 is 17.9 Å². The van der Waals surface area contributed by atoms with Crippen LogP contribution in [0.5, 0.6) is 0 Å². The summed E-state index contributed by atoms with van der Waals surface area (Å²) in [4.78, 5) is 104. The first kappa shape index (κ1) is 45.1. The van der Waals surface area contributed by atoms with E-state index in [1.807, 2.05) is 6.92 Å². The molecule has 1 saturated heterocycles. The third-order valence-electron chi connectivity index (χ3n) is 8.40. The molecular weight excluding hydrogens is 804 g/mol. The molecule has 0 aromatic carbocycles. The van der Waals surface area contributed by atoms with Crippen molar-refractivity contribution in [1.29, 1.82) is 0 Å². The maximum absolute atomic E-state index is 13.0. The summed E-state index contributed by atoms with van der Waals surface area (Å²) in [7, 11) is 0. The summed E-state index contributed by atoms with van der Waals surface area (Å²) < 4.78 is 0. The quantitative estimate of drug-likeness (QED) is 0.0889. The number of Topliss-reactive ketones (excluding diaryl/α,β-unsaturated/α-hetero) is 1. The summed E-state index contributed by atoms with van der Waals surface area (Å²) in [6.45, 7) is 4.19. The maximum atomic E-state index is 13.0. The fraction of sp³-hybridized carbons (Fsp3) is 0.677. The molecule has 0 saturated carbocycles. The van der Waals surface area contributed by atoms with Gasteiger partial charge in [0.15, 0.2) is 5.78 Å². The number of carboxylic acid groups (broad SMARTS) is 3. The van der Waals surface area contributed by atoms with Crippen LogP contribution >= 0.6 is 0 Å². The zero-order chi connectivity index (χ0) is 36.5. The largest absolute Gasteiger partial charge is 0.480 e. The van der Waals surface area contributed by atoms with Gasteiger partial charge in [-0.1, -0.05) is 20.3 Å². The standard InChI is InChI=1S/C31H49N7O11.Gd/c1-3-22(2)31(23(39)5-4-8-38-26(42)6-7-27(38)43)33-24(40)17-32-25(41)18-34-9-11-35(19-28(44)45)13-15-37(21-30(48)49)16-14-36(12-10-34)20-29(46)47;/h6-7,22,31H,3-5,8-21H2,1-2H3,(H,32,41)(H,33,40)(H,44,45)(H,46,47)(H,48,49);/t22-,31-;/m0./s1. The molecular formula is C31H49GdN7O11. The van der Waals surface area contributed by atoms with Crippen molar-refractivity contribution in [2.75, 3.05) is 91.6 Å². The minimum Gasteiger partial charge on any atom is -0.480 e. The Morgan fingerprint density at radius 3 is 1.48 bits per heavy atom. The number of carbonyl (C=O) groups is 8. The summed E-state index contributed by atoms with van der Waals surface area (Å²) in [6.07, 6.45) is 3.19. The van der Waals surface area contributed by atoms with Crippen LogP contribution in [0, 0.1) is 45.9 Å². The van der Waals surface area contributed by atoms with Crippen LogP contribution in [0.25, 0.3) is 0 Å². The molecule has 50 heavy (non-hydrogen) atoms. The number of ketones is 1. The number of amides is 4. The first-order chi connectivity index (χ1) is 23.2. The van der Waals surface area contributed by atoms with Crippen LogP contribution in [0.2, 0.25) is 0 Å².